The Kier molecular flexibility index (Phi) is 4.55. The van der Waals surface area contributed by atoms with Gasteiger partial charge in [-0.25, -0.2) is 14.4 Å². The highest BCUT2D eigenvalue weighted by atomic mass is 16.3. The van der Waals surface area contributed by atoms with Crippen molar-refractivity contribution in [1.29, 1.82) is 0 Å². The van der Waals surface area contributed by atoms with Crippen LogP contribution >= 0.6 is 0 Å². The van der Waals surface area contributed by atoms with E-state index in [-0.39, 0.29) is 11.5 Å². The summed E-state index contributed by atoms with van der Waals surface area (Å²) in [5, 5.41) is 10.4. The fourth-order valence-electron chi connectivity index (χ4n) is 3.59. The van der Waals surface area contributed by atoms with Gasteiger partial charge in [-0.2, -0.15) is 0 Å². The van der Waals surface area contributed by atoms with Crippen LogP contribution in [0.4, 0.5) is 0 Å². The van der Waals surface area contributed by atoms with E-state index in [0.717, 1.165) is 17.0 Å². The Balaban J connectivity index is 1.94. The quantitative estimate of drug-likeness (QED) is 0.577. The van der Waals surface area contributed by atoms with Gasteiger partial charge in [-0.15, -0.1) is 0 Å². The highest BCUT2D eigenvalue weighted by Gasteiger charge is 2.22. The van der Waals surface area contributed by atoms with Crippen LogP contribution in [0.25, 0.3) is 16.9 Å². The number of hydrogen-bond donors (Lipinski definition) is 1. The molecule has 4 rings (SSSR count). The van der Waals surface area contributed by atoms with Crippen LogP contribution in [-0.2, 0) is 20.0 Å². The number of aromatic nitrogens is 5. The molecule has 0 spiro atoms. The third kappa shape index (κ3) is 2.92. The van der Waals surface area contributed by atoms with Crippen LogP contribution in [0.1, 0.15) is 30.8 Å². The van der Waals surface area contributed by atoms with Crippen molar-refractivity contribution in [2.45, 2.75) is 39.8 Å². The van der Waals surface area contributed by atoms with Crippen molar-refractivity contribution in [2.24, 2.45) is 13.0 Å². The Bertz CT molecular complexity index is 1200. The lowest BCUT2D eigenvalue weighted by Gasteiger charge is -2.14. The molecule has 1 unspecified atom stereocenters. The van der Waals surface area contributed by atoms with E-state index in [1.165, 1.54) is 0 Å². The maximum absolute atomic E-state index is 13.5. The minimum atomic E-state index is -0.534. The van der Waals surface area contributed by atoms with Gasteiger partial charge in [-0.3, -0.25) is 9.36 Å². The lowest BCUT2D eigenvalue weighted by atomic mass is 10.0. The Morgan fingerprint density at radius 1 is 1.18 bits per heavy atom. The van der Waals surface area contributed by atoms with Gasteiger partial charge in [0.2, 0.25) is 5.78 Å². The van der Waals surface area contributed by atoms with Gasteiger partial charge < -0.3 is 9.67 Å². The molecular formula is C21H25N5O2. The van der Waals surface area contributed by atoms with Crippen LogP contribution in [-0.4, -0.2) is 34.7 Å². The predicted octanol–water partition coefficient (Wildman–Crippen LogP) is 2.30. The second kappa shape index (κ2) is 6.91. The molecule has 0 radical (unpaired) electrons. The van der Waals surface area contributed by atoms with Crippen molar-refractivity contribution in [3.8, 4) is 0 Å². The zero-order valence-corrected chi connectivity index (χ0v) is 16.6. The molecule has 0 aliphatic rings. The molecule has 0 fully saturated rings. The molecular weight excluding hydrogens is 354 g/mol. The molecule has 3 heterocycles. The number of fused-ring (bicyclic) bond motifs is 2. The van der Waals surface area contributed by atoms with Gasteiger partial charge in [0.25, 0.3) is 5.56 Å². The highest BCUT2D eigenvalue weighted by molar-refractivity contribution is 5.73. The zero-order chi connectivity index (χ0) is 20.0. The molecule has 0 bridgehead atoms. The van der Waals surface area contributed by atoms with Crippen molar-refractivity contribution >= 4 is 16.9 Å². The highest BCUT2D eigenvalue weighted by Crippen LogP contribution is 2.19. The lowest BCUT2D eigenvalue weighted by molar-refractivity contribution is 0.124. The van der Waals surface area contributed by atoms with Gasteiger partial charge in [-0.1, -0.05) is 44.2 Å². The van der Waals surface area contributed by atoms with E-state index in [1.807, 2.05) is 67.3 Å². The first kappa shape index (κ1) is 18.4. The van der Waals surface area contributed by atoms with Crippen LogP contribution in [0, 0.1) is 12.8 Å². The normalized spacial score (nSPS) is 13.1. The summed E-state index contributed by atoms with van der Waals surface area (Å²) in [6.07, 6.45) is 1.56. The van der Waals surface area contributed by atoms with E-state index in [1.54, 1.807) is 10.7 Å². The molecule has 0 saturated carbocycles. The summed E-state index contributed by atoms with van der Waals surface area (Å²) < 4.78 is 5.35. The summed E-state index contributed by atoms with van der Waals surface area (Å²) in [5.41, 5.74) is 3.61. The molecule has 28 heavy (non-hydrogen) atoms. The number of aliphatic hydroxyl groups is 1. The molecule has 3 aromatic heterocycles. The molecule has 1 atom stereocenters. The van der Waals surface area contributed by atoms with E-state index in [2.05, 4.69) is 9.97 Å². The van der Waals surface area contributed by atoms with E-state index >= 15 is 0 Å². The van der Waals surface area contributed by atoms with E-state index in [9.17, 15) is 9.90 Å². The first-order chi connectivity index (χ1) is 13.4. The predicted molar refractivity (Wildman–Crippen MR) is 109 cm³/mol. The van der Waals surface area contributed by atoms with Crippen LogP contribution in [0.5, 0.6) is 0 Å². The first-order valence-corrected chi connectivity index (χ1v) is 9.52. The number of rotatable bonds is 5. The molecule has 146 valence electrons. The number of imidazole rings is 2. The summed E-state index contributed by atoms with van der Waals surface area (Å²) >= 11 is 0. The number of hydrogen-bond acceptors (Lipinski definition) is 4. The van der Waals surface area contributed by atoms with Crippen LogP contribution < -0.4 is 5.56 Å². The summed E-state index contributed by atoms with van der Waals surface area (Å²) in [5.74, 6) is 0.645. The molecule has 7 nitrogen and oxygen atoms in total. The van der Waals surface area contributed by atoms with Gasteiger partial charge in [0.05, 0.1) is 23.8 Å². The summed E-state index contributed by atoms with van der Waals surface area (Å²) in [4.78, 5) is 22.5. The van der Waals surface area contributed by atoms with Gasteiger partial charge in [0, 0.05) is 20.0 Å². The Morgan fingerprint density at radius 2 is 1.89 bits per heavy atom. The smallest absolute Gasteiger partial charge is 0.285 e. The van der Waals surface area contributed by atoms with Crippen LogP contribution in [0.15, 0.2) is 41.5 Å². The summed E-state index contributed by atoms with van der Waals surface area (Å²) in [6, 6.07) is 9.99. The van der Waals surface area contributed by atoms with Crippen LogP contribution in [0.3, 0.4) is 0 Å². The van der Waals surface area contributed by atoms with Gasteiger partial charge >= 0.3 is 0 Å². The summed E-state index contributed by atoms with van der Waals surface area (Å²) in [7, 11) is 1.87. The van der Waals surface area contributed by atoms with E-state index in [4.69, 9.17) is 0 Å². The average Bonchev–Trinajstić information content (AvgIpc) is 3.23. The third-order valence-corrected chi connectivity index (χ3v) is 5.36. The van der Waals surface area contributed by atoms with Gasteiger partial charge in [-0.05, 0) is 18.4 Å². The third-order valence-electron chi connectivity index (χ3n) is 5.36. The van der Waals surface area contributed by atoms with Gasteiger partial charge in [0.1, 0.15) is 0 Å². The topological polar surface area (TPSA) is 77.4 Å². The Hall–Kier alpha value is -2.93. The monoisotopic (exact) mass is 379 g/mol. The molecule has 0 aliphatic carbocycles. The average molecular weight is 379 g/mol. The van der Waals surface area contributed by atoms with E-state index in [0.29, 0.717) is 29.9 Å². The number of aryl methyl sites for hydroxylation is 2. The number of nitrogens with zero attached hydrogens (tertiary/aromatic N) is 5. The summed E-state index contributed by atoms with van der Waals surface area (Å²) in [6.45, 7) is 6.38. The Labute approximate surface area is 162 Å². The van der Waals surface area contributed by atoms with Crippen molar-refractivity contribution < 1.29 is 5.11 Å². The zero-order valence-electron chi connectivity index (χ0n) is 16.6. The number of benzene rings is 1. The molecule has 0 amide bonds. The van der Waals surface area contributed by atoms with Crippen molar-refractivity contribution in [2.75, 3.05) is 0 Å². The second-order valence-electron chi connectivity index (χ2n) is 7.69. The maximum atomic E-state index is 13.5. The standard InChI is InChI=1S/C21H25N5O2/c1-13(2)17(27)10-16-14(3)23-21-24(4)19-18(20(28)26(16)21)25(12-22-19)11-15-8-6-5-7-9-15/h5-9,12-13,17,27H,10-11H2,1-4H3. The molecule has 7 heteroatoms. The molecule has 1 aromatic carbocycles. The van der Waals surface area contributed by atoms with Crippen molar-refractivity contribution in [1.82, 2.24) is 23.5 Å². The van der Waals surface area contributed by atoms with Crippen LogP contribution in [0.2, 0.25) is 0 Å². The Morgan fingerprint density at radius 3 is 2.57 bits per heavy atom. The maximum Gasteiger partial charge on any atom is 0.285 e. The SMILES string of the molecule is Cc1nc2n(C)c3ncn(Cc4ccccc4)c3c(=O)n2c1CC(O)C(C)C. The fourth-order valence-corrected chi connectivity index (χ4v) is 3.59. The first-order valence-electron chi connectivity index (χ1n) is 9.52. The fraction of sp³-hybridized carbons (Fsp3) is 0.381. The molecule has 0 saturated heterocycles. The van der Waals surface area contributed by atoms with Crippen molar-refractivity contribution in [3.05, 3.63) is 64.0 Å². The molecule has 0 aliphatic heterocycles. The van der Waals surface area contributed by atoms with Crippen molar-refractivity contribution in [3.63, 3.8) is 0 Å². The minimum absolute atomic E-state index is 0.0983. The number of aliphatic hydroxyl groups excluding tert-OH is 1. The molecule has 4 aromatic rings. The van der Waals surface area contributed by atoms with Gasteiger partial charge in [0.15, 0.2) is 11.2 Å². The molecule has 1 N–H and O–H groups in total. The minimum Gasteiger partial charge on any atom is -0.392 e. The largest absolute Gasteiger partial charge is 0.392 e. The lowest BCUT2D eigenvalue weighted by Crippen LogP contribution is -2.25. The van der Waals surface area contributed by atoms with E-state index < -0.39 is 6.10 Å². The second-order valence-corrected chi connectivity index (χ2v) is 7.69.